The molecule has 1 aromatic carbocycles. The number of aromatic nitrogens is 4. The molecule has 0 aliphatic carbocycles. The number of hydrogen-bond donors (Lipinski definition) is 2. The molecule has 1 aliphatic heterocycles. The summed E-state index contributed by atoms with van der Waals surface area (Å²) in [4.78, 5) is 21.7. The van der Waals surface area contributed by atoms with Crippen LogP contribution in [-0.2, 0) is 17.8 Å². The van der Waals surface area contributed by atoms with Gasteiger partial charge in [-0.3, -0.25) is 9.48 Å². The molecule has 30 heavy (non-hydrogen) atoms. The maximum atomic E-state index is 14.3. The summed E-state index contributed by atoms with van der Waals surface area (Å²) < 4.78 is 16.1. The molecule has 9 heteroatoms. The zero-order valence-electron chi connectivity index (χ0n) is 16.8. The second-order valence-electron chi connectivity index (χ2n) is 7.52. The van der Waals surface area contributed by atoms with E-state index in [0.717, 1.165) is 23.0 Å². The molecule has 4 rings (SSSR count). The van der Waals surface area contributed by atoms with Crippen LogP contribution in [-0.4, -0.2) is 48.8 Å². The van der Waals surface area contributed by atoms with E-state index in [4.69, 9.17) is 5.11 Å². The van der Waals surface area contributed by atoms with Crippen LogP contribution in [0.25, 0.3) is 11.3 Å². The van der Waals surface area contributed by atoms with Gasteiger partial charge in [0.2, 0.25) is 11.9 Å². The average Bonchev–Trinajstić information content (AvgIpc) is 3.24. The lowest BCUT2D eigenvalue weighted by Gasteiger charge is -2.28. The van der Waals surface area contributed by atoms with Crippen LogP contribution in [0.15, 0.2) is 36.8 Å². The first-order valence-electron chi connectivity index (χ1n) is 9.79. The number of nitrogens with zero attached hydrogens (tertiary/aromatic N) is 5. The summed E-state index contributed by atoms with van der Waals surface area (Å²) in [6.45, 7) is 4.55. The van der Waals surface area contributed by atoms with Crippen molar-refractivity contribution in [3.63, 3.8) is 0 Å². The third-order valence-electron chi connectivity index (χ3n) is 5.11. The van der Waals surface area contributed by atoms with Crippen molar-refractivity contribution in [3.8, 4) is 11.3 Å². The fourth-order valence-corrected chi connectivity index (χ4v) is 3.45. The van der Waals surface area contributed by atoms with E-state index >= 15 is 0 Å². The molecule has 0 saturated heterocycles. The summed E-state index contributed by atoms with van der Waals surface area (Å²) >= 11 is 0. The monoisotopic (exact) mass is 410 g/mol. The number of benzene rings is 1. The maximum Gasteiger partial charge on any atom is 0.248 e. The summed E-state index contributed by atoms with van der Waals surface area (Å²) in [5.41, 5.74) is 3.71. The molecule has 3 aromatic rings. The molecular formula is C21H23FN6O2. The van der Waals surface area contributed by atoms with E-state index in [9.17, 15) is 9.18 Å². The Morgan fingerprint density at radius 1 is 1.30 bits per heavy atom. The Balaban J connectivity index is 1.54. The minimum absolute atomic E-state index is 0.167. The van der Waals surface area contributed by atoms with Gasteiger partial charge < -0.3 is 15.3 Å². The third-order valence-corrected chi connectivity index (χ3v) is 5.11. The van der Waals surface area contributed by atoms with Crippen molar-refractivity contribution in [1.29, 1.82) is 0 Å². The molecule has 1 amide bonds. The predicted molar refractivity (Wildman–Crippen MR) is 110 cm³/mol. The molecule has 0 spiro atoms. The van der Waals surface area contributed by atoms with Gasteiger partial charge in [-0.1, -0.05) is 6.07 Å². The van der Waals surface area contributed by atoms with E-state index in [2.05, 4.69) is 20.4 Å². The highest BCUT2D eigenvalue weighted by molar-refractivity contribution is 5.77. The quantitative estimate of drug-likeness (QED) is 0.671. The molecular weight excluding hydrogens is 387 g/mol. The molecule has 2 aromatic heterocycles. The summed E-state index contributed by atoms with van der Waals surface area (Å²) in [5, 5.41) is 16.4. The SMILES string of the molecule is CC(C)n1cc(-c2nc(Nc3ccc4c(c3)CCN(C(=O)CO)C4)ncc2F)cn1. The van der Waals surface area contributed by atoms with Crippen LogP contribution in [0.1, 0.15) is 31.0 Å². The van der Waals surface area contributed by atoms with Gasteiger partial charge in [0, 0.05) is 36.6 Å². The number of anilines is 2. The zero-order chi connectivity index (χ0) is 21.3. The van der Waals surface area contributed by atoms with Gasteiger partial charge in [0.25, 0.3) is 0 Å². The van der Waals surface area contributed by atoms with Crippen molar-refractivity contribution in [2.45, 2.75) is 32.9 Å². The molecule has 0 fully saturated rings. The largest absolute Gasteiger partial charge is 0.387 e. The number of hydrogen-bond acceptors (Lipinski definition) is 6. The average molecular weight is 410 g/mol. The van der Waals surface area contributed by atoms with E-state index < -0.39 is 12.4 Å². The first-order valence-corrected chi connectivity index (χ1v) is 9.79. The van der Waals surface area contributed by atoms with Gasteiger partial charge in [-0.15, -0.1) is 0 Å². The number of carbonyl (C=O) groups is 1. The highest BCUT2D eigenvalue weighted by atomic mass is 19.1. The molecule has 0 atom stereocenters. The van der Waals surface area contributed by atoms with E-state index in [0.29, 0.717) is 25.1 Å². The van der Waals surface area contributed by atoms with Gasteiger partial charge in [0.15, 0.2) is 5.82 Å². The van der Waals surface area contributed by atoms with Gasteiger partial charge in [0.1, 0.15) is 12.3 Å². The zero-order valence-corrected chi connectivity index (χ0v) is 16.8. The van der Waals surface area contributed by atoms with Gasteiger partial charge in [0.05, 0.1) is 12.4 Å². The smallest absolute Gasteiger partial charge is 0.248 e. The Bertz CT molecular complexity index is 1080. The molecule has 8 nitrogen and oxygen atoms in total. The molecule has 0 unspecified atom stereocenters. The molecule has 3 heterocycles. The van der Waals surface area contributed by atoms with Crippen molar-refractivity contribution in [2.24, 2.45) is 0 Å². The first kappa shape index (κ1) is 20.0. The summed E-state index contributed by atoms with van der Waals surface area (Å²) in [6, 6.07) is 5.96. The lowest BCUT2D eigenvalue weighted by molar-refractivity contribution is -0.135. The number of carbonyl (C=O) groups excluding carboxylic acids is 1. The minimum Gasteiger partial charge on any atom is -0.387 e. The summed E-state index contributed by atoms with van der Waals surface area (Å²) in [6.07, 6.45) is 5.19. The fourth-order valence-electron chi connectivity index (χ4n) is 3.45. The van der Waals surface area contributed by atoms with Crippen LogP contribution < -0.4 is 5.32 Å². The number of aliphatic hydroxyl groups excluding tert-OH is 1. The van der Waals surface area contributed by atoms with Crippen molar-refractivity contribution in [2.75, 3.05) is 18.5 Å². The van der Waals surface area contributed by atoms with Crippen LogP contribution in [0.3, 0.4) is 0 Å². The standard InChI is InChI=1S/C21H23FN6O2/c1-13(2)28-11-16(8-24-28)20-18(22)9-23-21(26-20)25-17-4-3-15-10-27(19(30)12-29)6-5-14(15)7-17/h3-4,7-9,11,13,29H,5-6,10,12H2,1-2H3,(H,23,25,26). The lowest BCUT2D eigenvalue weighted by atomic mass is 9.99. The second-order valence-corrected chi connectivity index (χ2v) is 7.52. The van der Waals surface area contributed by atoms with E-state index in [1.54, 1.807) is 22.0 Å². The second kappa shape index (κ2) is 8.19. The van der Waals surface area contributed by atoms with Crippen molar-refractivity contribution in [3.05, 3.63) is 53.7 Å². The summed E-state index contributed by atoms with van der Waals surface area (Å²) in [7, 11) is 0. The number of nitrogens with one attached hydrogen (secondary N) is 1. The van der Waals surface area contributed by atoms with E-state index in [-0.39, 0.29) is 23.6 Å². The minimum atomic E-state index is -0.511. The Hall–Kier alpha value is -3.33. The Morgan fingerprint density at radius 2 is 2.13 bits per heavy atom. The first-order chi connectivity index (χ1) is 14.4. The van der Waals surface area contributed by atoms with Crippen molar-refractivity contribution in [1.82, 2.24) is 24.6 Å². The lowest BCUT2D eigenvalue weighted by Crippen LogP contribution is -2.37. The number of halogens is 1. The Labute approximate surface area is 173 Å². The van der Waals surface area contributed by atoms with Gasteiger partial charge >= 0.3 is 0 Å². The van der Waals surface area contributed by atoms with Crippen molar-refractivity contribution >= 4 is 17.5 Å². The number of amides is 1. The van der Waals surface area contributed by atoms with E-state index in [1.165, 1.54) is 0 Å². The van der Waals surface area contributed by atoms with Gasteiger partial charge in [-0.25, -0.2) is 14.4 Å². The van der Waals surface area contributed by atoms with Crippen LogP contribution in [0.2, 0.25) is 0 Å². The fraction of sp³-hybridized carbons (Fsp3) is 0.333. The molecule has 0 saturated carbocycles. The maximum absolute atomic E-state index is 14.3. The van der Waals surface area contributed by atoms with Gasteiger partial charge in [-0.05, 0) is 43.5 Å². The van der Waals surface area contributed by atoms with E-state index in [1.807, 2.05) is 32.0 Å². The highest BCUT2D eigenvalue weighted by Gasteiger charge is 2.20. The Kier molecular flexibility index (Phi) is 5.45. The van der Waals surface area contributed by atoms with Gasteiger partial charge in [-0.2, -0.15) is 5.10 Å². The third kappa shape index (κ3) is 4.02. The van der Waals surface area contributed by atoms with Crippen LogP contribution in [0.4, 0.5) is 16.0 Å². The van der Waals surface area contributed by atoms with Crippen molar-refractivity contribution < 1.29 is 14.3 Å². The predicted octanol–water partition coefficient (Wildman–Crippen LogP) is 2.68. The topological polar surface area (TPSA) is 96.2 Å². The molecule has 1 aliphatic rings. The number of aliphatic hydroxyl groups is 1. The molecule has 156 valence electrons. The molecule has 0 bridgehead atoms. The number of rotatable bonds is 5. The Morgan fingerprint density at radius 3 is 2.87 bits per heavy atom. The van der Waals surface area contributed by atoms with Crippen LogP contribution >= 0.6 is 0 Å². The highest BCUT2D eigenvalue weighted by Crippen LogP contribution is 2.26. The molecule has 2 N–H and O–H groups in total. The van der Waals surface area contributed by atoms with Crippen LogP contribution in [0.5, 0.6) is 0 Å². The normalized spacial score (nSPS) is 13.4. The number of fused-ring (bicyclic) bond motifs is 1. The van der Waals surface area contributed by atoms with Crippen LogP contribution in [0, 0.1) is 5.82 Å². The molecule has 0 radical (unpaired) electrons. The summed E-state index contributed by atoms with van der Waals surface area (Å²) in [5.74, 6) is -0.490.